The van der Waals surface area contributed by atoms with Crippen LogP contribution in [0.15, 0.2) is 407 Å². The van der Waals surface area contributed by atoms with Gasteiger partial charge in [0.2, 0.25) is 0 Å². The Morgan fingerprint density at radius 1 is 0.161 bits per heavy atom. The fourth-order valence-electron chi connectivity index (χ4n) is 16.4. The highest BCUT2D eigenvalue weighted by Gasteiger charge is 2.22. The van der Waals surface area contributed by atoms with Crippen LogP contribution in [-0.2, 0) is 0 Å². The lowest BCUT2D eigenvalue weighted by Gasteiger charge is -2.12. The molecule has 0 saturated heterocycles. The first-order valence-corrected chi connectivity index (χ1v) is 37.8. The Balaban J connectivity index is 0.000000141. The van der Waals surface area contributed by atoms with Crippen molar-refractivity contribution < 1.29 is 0 Å². The van der Waals surface area contributed by atoms with Gasteiger partial charge in [0.1, 0.15) is 11.3 Å². The molecule has 0 aliphatic heterocycles. The van der Waals surface area contributed by atoms with E-state index >= 15 is 0 Å². The van der Waals surface area contributed by atoms with Crippen LogP contribution in [-0.4, -0.2) is 43.2 Å². The van der Waals surface area contributed by atoms with Crippen molar-refractivity contribution >= 4 is 87.5 Å². The van der Waals surface area contributed by atoms with Crippen molar-refractivity contribution in [2.24, 2.45) is 0 Å². The monoisotopic (exact) mass is 1430 g/mol. The smallest absolute Gasteiger partial charge is 0.160 e. The first-order chi connectivity index (χ1) is 55.5. The van der Waals surface area contributed by atoms with Gasteiger partial charge in [-0.05, 0) is 150 Å². The molecule has 22 aromatic rings. The van der Waals surface area contributed by atoms with E-state index in [1.54, 1.807) is 0 Å². The molecule has 0 fully saturated rings. The third-order valence-electron chi connectivity index (χ3n) is 21.7. The van der Waals surface area contributed by atoms with Crippen LogP contribution < -0.4 is 0 Å². The van der Waals surface area contributed by atoms with E-state index in [0.29, 0.717) is 5.82 Å². The standard InChI is InChI=1S/C52H34N4.C51H33N5/c1-4-14-36(15-5-1)47-32-39(33-48(54-47)37-16-6-2-7-17-37)35-24-27-42(28-25-35)56-50-23-13-11-21-44(50)46-31-40(34-53-52(46)56)38-26-29-51-45(30-38)43-20-10-12-22-49(43)55(51)41-18-8-3-9-19-41;1-4-14-34(15-5-1)45-32-46(54-50(53-45)36-16-6-2-7-17-36)35-24-27-40(28-25-35)56-48-23-13-11-21-42(48)44-31-38(33-52-51(44)56)37-26-29-49-43(30-37)41-20-10-12-22-47(41)55(49)39-18-8-3-9-19-39/h1-34H;1-33H. The van der Waals surface area contributed by atoms with Crippen molar-refractivity contribution in [3.05, 3.63) is 407 Å². The van der Waals surface area contributed by atoms with Gasteiger partial charge in [-0.1, -0.05) is 267 Å². The Morgan fingerprint density at radius 3 is 0.848 bits per heavy atom. The minimum atomic E-state index is 0.703. The molecular formula is C103H67N9. The van der Waals surface area contributed by atoms with Gasteiger partial charge in [0.25, 0.3) is 0 Å². The van der Waals surface area contributed by atoms with Crippen LogP contribution in [0, 0.1) is 0 Å². The fourth-order valence-corrected chi connectivity index (χ4v) is 16.4. The van der Waals surface area contributed by atoms with Crippen molar-refractivity contribution in [1.82, 2.24) is 43.2 Å². The van der Waals surface area contributed by atoms with Crippen LogP contribution in [0.3, 0.4) is 0 Å². The molecule has 14 aromatic carbocycles. The molecule has 0 unspecified atom stereocenters. The van der Waals surface area contributed by atoms with E-state index in [0.717, 1.165) is 140 Å². The Morgan fingerprint density at radius 2 is 0.446 bits per heavy atom. The number of hydrogen-bond donors (Lipinski definition) is 0. The molecule has 0 radical (unpaired) electrons. The fraction of sp³-hybridized carbons (Fsp3) is 0. The zero-order chi connectivity index (χ0) is 74.0. The molecule has 0 saturated carbocycles. The summed E-state index contributed by atoms with van der Waals surface area (Å²) in [5, 5.41) is 9.51. The van der Waals surface area contributed by atoms with Crippen LogP contribution in [0.1, 0.15) is 0 Å². The van der Waals surface area contributed by atoms with E-state index in [9.17, 15) is 0 Å². The molecule has 8 aromatic heterocycles. The molecule has 0 N–H and O–H groups in total. The Kier molecular flexibility index (Phi) is 16.0. The summed E-state index contributed by atoms with van der Waals surface area (Å²) < 4.78 is 9.25. The topological polar surface area (TPSA) is 84.2 Å². The van der Waals surface area contributed by atoms with E-state index in [1.807, 2.05) is 60.9 Å². The maximum Gasteiger partial charge on any atom is 0.160 e. The summed E-state index contributed by atoms with van der Waals surface area (Å²) in [7, 11) is 0. The zero-order valence-corrected chi connectivity index (χ0v) is 60.7. The van der Waals surface area contributed by atoms with Gasteiger partial charge in [-0.2, -0.15) is 0 Å². The first kappa shape index (κ1) is 65.1. The van der Waals surface area contributed by atoms with Gasteiger partial charge in [0.15, 0.2) is 5.82 Å². The van der Waals surface area contributed by atoms with E-state index < -0.39 is 0 Å². The molecule has 0 amide bonds. The third-order valence-corrected chi connectivity index (χ3v) is 21.7. The van der Waals surface area contributed by atoms with Crippen molar-refractivity contribution in [2.75, 3.05) is 0 Å². The molecule has 22 rings (SSSR count). The number of rotatable bonds is 12. The quantitative estimate of drug-likeness (QED) is 0.122. The highest BCUT2D eigenvalue weighted by atomic mass is 15.1. The molecule has 0 atom stereocenters. The van der Waals surface area contributed by atoms with Gasteiger partial charge in [0.05, 0.1) is 55.9 Å². The van der Waals surface area contributed by atoms with E-state index in [-0.39, 0.29) is 0 Å². The molecule has 112 heavy (non-hydrogen) atoms. The van der Waals surface area contributed by atoms with E-state index in [4.69, 9.17) is 24.9 Å². The average molecular weight is 1430 g/mol. The maximum absolute atomic E-state index is 5.19. The van der Waals surface area contributed by atoms with Crippen LogP contribution in [0.5, 0.6) is 0 Å². The summed E-state index contributed by atoms with van der Waals surface area (Å²) in [6.07, 6.45) is 4.04. The number of aromatic nitrogens is 9. The predicted molar refractivity (Wildman–Crippen MR) is 463 cm³/mol. The molecule has 0 spiro atoms. The molecule has 0 aliphatic carbocycles. The summed E-state index contributed by atoms with van der Waals surface area (Å²) in [6, 6.07) is 139. The maximum atomic E-state index is 5.19. The normalized spacial score (nSPS) is 11.6. The van der Waals surface area contributed by atoms with E-state index in [1.165, 1.54) is 54.4 Å². The van der Waals surface area contributed by atoms with Crippen LogP contribution in [0.4, 0.5) is 0 Å². The summed E-state index contributed by atoms with van der Waals surface area (Å²) in [4.78, 5) is 25.5. The first-order valence-electron chi connectivity index (χ1n) is 37.8. The minimum absolute atomic E-state index is 0.703. The second kappa shape index (κ2) is 27.5. The summed E-state index contributed by atoms with van der Waals surface area (Å²) in [5.74, 6) is 0.703. The van der Waals surface area contributed by atoms with Crippen LogP contribution >= 0.6 is 0 Å². The molecule has 0 aliphatic rings. The minimum Gasteiger partial charge on any atom is -0.309 e. The van der Waals surface area contributed by atoms with Crippen molar-refractivity contribution in [2.45, 2.75) is 0 Å². The second-order valence-electron chi connectivity index (χ2n) is 28.4. The summed E-state index contributed by atoms with van der Waals surface area (Å²) in [5.41, 5.74) is 28.9. The predicted octanol–water partition coefficient (Wildman–Crippen LogP) is 26.1. The number of hydrogen-bond acceptors (Lipinski definition) is 5. The van der Waals surface area contributed by atoms with Gasteiger partial charge in [-0.3, -0.25) is 9.13 Å². The Hall–Kier alpha value is -15.2. The third kappa shape index (κ3) is 11.5. The van der Waals surface area contributed by atoms with E-state index in [2.05, 4.69) is 364 Å². The highest BCUT2D eigenvalue weighted by molar-refractivity contribution is 6.14. The highest BCUT2D eigenvalue weighted by Crippen LogP contribution is 2.42. The van der Waals surface area contributed by atoms with Gasteiger partial charge in [0, 0.05) is 117 Å². The molecule has 9 heteroatoms. The zero-order valence-electron chi connectivity index (χ0n) is 60.7. The molecule has 0 bridgehead atoms. The second-order valence-corrected chi connectivity index (χ2v) is 28.4. The number of nitrogens with zero attached hydrogens (tertiary/aromatic N) is 9. The molecule has 9 nitrogen and oxygen atoms in total. The van der Waals surface area contributed by atoms with Crippen LogP contribution in [0.25, 0.3) is 200 Å². The lowest BCUT2D eigenvalue weighted by atomic mass is 10.00. The van der Waals surface area contributed by atoms with Crippen LogP contribution in [0.2, 0.25) is 0 Å². The van der Waals surface area contributed by atoms with Gasteiger partial charge < -0.3 is 9.13 Å². The van der Waals surface area contributed by atoms with Gasteiger partial charge >= 0.3 is 0 Å². The lowest BCUT2D eigenvalue weighted by molar-refractivity contribution is 1.13. The SMILES string of the molecule is c1ccc(-c2cc(-c3ccc(-n4c5ccccc5c5cc(-c6ccc7c(c6)c6ccccc6n7-c6ccccc6)cnc54)cc3)cc(-c3ccccc3)n2)cc1.c1ccc(-c2cc(-c3ccc(-n4c5ccccc5c5cc(-c6ccc7c(c6)c6ccccc6n7-c6ccccc6)cnc54)cc3)nc(-c3ccccc3)n2)cc1. The van der Waals surface area contributed by atoms with Gasteiger partial charge in [-0.15, -0.1) is 0 Å². The van der Waals surface area contributed by atoms with Crippen molar-refractivity contribution in [3.8, 4) is 113 Å². The number of pyridine rings is 3. The largest absolute Gasteiger partial charge is 0.309 e. The van der Waals surface area contributed by atoms with Crippen molar-refractivity contribution in [3.63, 3.8) is 0 Å². The number of benzene rings is 14. The Labute approximate surface area is 645 Å². The number of fused-ring (bicyclic) bond motifs is 12. The molecular weight excluding hydrogens is 1360 g/mol. The average Bonchev–Trinajstić information content (AvgIpc) is 1.59. The summed E-state index contributed by atoms with van der Waals surface area (Å²) >= 11 is 0. The molecule has 524 valence electrons. The number of para-hydroxylation sites is 6. The summed E-state index contributed by atoms with van der Waals surface area (Å²) in [6.45, 7) is 0. The van der Waals surface area contributed by atoms with Crippen molar-refractivity contribution in [1.29, 1.82) is 0 Å². The lowest BCUT2D eigenvalue weighted by Crippen LogP contribution is -1.97. The molecule has 8 heterocycles. The Bertz CT molecular complexity index is 6760. The van der Waals surface area contributed by atoms with Gasteiger partial charge in [-0.25, -0.2) is 24.9 Å².